The Morgan fingerprint density at radius 1 is 0.825 bits per heavy atom. The second-order valence-electron chi connectivity index (χ2n) is 9.28. The van der Waals surface area contributed by atoms with Crippen molar-refractivity contribution < 1.29 is 57.5 Å². The number of rotatable bonds is 4. The third-order valence-corrected chi connectivity index (χ3v) is 7.84. The number of amides is 1. The van der Waals surface area contributed by atoms with E-state index in [1.54, 1.807) is 0 Å². The van der Waals surface area contributed by atoms with Gasteiger partial charge >= 0.3 is 24.7 Å². The highest BCUT2D eigenvalue weighted by Crippen LogP contribution is 2.50. The van der Waals surface area contributed by atoms with Crippen molar-refractivity contribution in [3.8, 4) is 0 Å². The van der Waals surface area contributed by atoms with Crippen LogP contribution in [0.3, 0.4) is 0 Å². The highest BCUT2D eigenvalue weighted by Gasteiger charge is 2.59. The minimum absolute atomic E-state index is 0.0610. The molecule has 0 aromatic heterocycles. The Morgan fingerprint density at radius 2 is 1.40 bits per heavy atom. The summed E-state index contributed by atoms with van der Waals surface area (Å²) >= 11 is 1.45. The van der Waals surface area contributed by atoms with Gasteiger partial charge in [0.2, 0.25) is 0 Å². The molecule has 3 nitrogen and oxygen atoms in total. The lowest BCUT2D eigenvalue weighted by Crippen LogP contribution is -2.44. The number of nitrogens with zero attached hydrogens (tertiary/aromatic N) is 1. The van der Waals surface area contributed by atoms with Crippen LogP contribution in [0.15, 0.2) is 41.4 Å². The van der Waals surface area contributed by atoms with E-state index in [0.29, 0.717) is 17.6 Å². The molecule has 2 aromatic carbocycles. The smallest absolute Gasteiger partial charge is 0.348 e. The van der Waals surface area contributed by atoms with E-state index < -0.39 is 88.1 Å². The van der Waals surface area contributed by atoms with Crippen molar-refractivity contribution in [2.45, 2.75) is 42.6 Å². The first-order valence-electron chi connectivity index (χ1n) is 11.2. The molecule has 0 saturated carbocycles. The summed E-state index contributed by atoms with van der Waals surface area (Å²) < 4.78 is 165. The van der Waals surface area contributed by atoms with Gasteiger partial charge in [-0.25, -0.2) is 0 Å². The number of aliphatic imine (C=N–C) groups is 1. The van der Waals surface area contributed by atoms with Crippen LogP contribution in [0.1, 0.15) is 44.6 Å². The SMILES string of the molecule is O=C(NC1CSC1)c1ccc(C2=NCC(c3cc(C(F)(F)F)cc(C(F)(F)F)c3)(C(F)(F)F)C2)cc1C(F)(F)F. The molecule has 0 radical (unpaired) electrons. The van der Waals surface area contributed by atoms with E-state index in [9.17, 15) is 57.5 Å². The highest BCUT2D eigenvalue weighted by molar-refractivity contribution is 8.00. The number of carbonyl (C=O) groups is 1. The largest absolute Gasteiger partial charge is 0.417 e. The Balaban J connectivity index is 1.77. The van der Waals surface area contributed by atoms with Crippen molar-refractivity contribution >= 4 is 23.4 Å². The third kappa shape index (κ3) is 5.77. The number of carbonyl (C=O) groups excluding carboxylic acids is 1. The zero-order valence-corrected chi connectivity index (χ0v) is 20.5. The summed E-state index contributed by atoms with van der Waals surface area (Å²) in [7, 11) is 0. The summed E-state index contributed by atoms with van der Waals surface area (Å²) in [5, 5.41) is 2.40. The third-order valence-electron chi connectivity index (χ3n) is 6.57. The molecule has 2 aliphatic heterocycles. The Hall–Kier alpha value is -2.91. The van der Waals surface area contributed by atoms with Crippen molar-refractivity contribution in [3.63, 3.8) is 0 Å². The van der Waals surface area contributed by atoms with Crippen LogP contribution in [0.4, 0.5) is 52.7 Å². The Bertz CT molecular complexity index is 1310. The van der Waals surface area contributed by atoms with Crippen molar-refractivity contribution in [2.24, 2.45) is 4.99 Å². The van der Waals surface area contributed by atoms with Gasteiger partial charge in [0.05, 0.1) is 28.8 Å². The van der Waals surface area contributed by atoms with Crippen LogP contribution in [-0.2, 0) is 23.9 Å². The Kier molecular flexibility index (Phi) is 7.42. The number of alkyl halides is 12. The number of nitrogens with one attached hydrogen (secondary N) is 1. The second-order valence-corrected chi connectivity index (χ2v) is 10.4. The first-order valence-corrected chi connectivity index (χ1v) is 12.4. The molecular formula is C24H16F12N2OS. The van der Waals surface area contributed by atoms with E-state index >= 15 is 0 Å². The molecule has 2 aliphatic rings. The molecule has 2 heterocycles. The average molecular weight is 608 g/mol. The molecule has 40 heavy (non-hydrogen) atoms. The molecule has 1 amide bonds. The zero-order valence-electron chi connectivity index (χ0n) is 19.7. The van der Waals surface area contributed by atoms with Crippen LogP contribution in [0.5, 0.6) is 0 Å². The van der Waals surface area contributed by atoms with E-state index in [4.69, 9.17) is 0 Å². The number of thioether (sulfide) groups is 1. The normalized spacial score (nSPS) is 20.8. The van der Waals surface area contributed by atoms with Gasteiger partial charge in [0, 0.05) is 29.7 Å². The molecule has 218 valence electrons. The molecule has 16 heteroatoms. The molecule has 1 unspecified atom stereocenters. The molecule has 1 N–H and O–H groups in total. The summed E-state index contributed by atoms with van der Waals surface area (Å²) in [6.07, 6.45) is -22.8. The lowest BCUT2D eigenvalue weighted by molar-refractivity contribution is -0.184. The molecule has 0 bridgehead atoms. The highest BCUT2D eigenvalue weighted by atomic mass is 32.2. The van der Waals surface area contributed by atoms with Crippen LogP contribution < -0.4 is 5.32 Å². The monoisotopic (exact) mass is 608 g/mol. The van der Waals surface area contributed by atoms with Crippen molar-refractivity contribution in [1.29, 1.82) is 0 Å². The maximum Gasteiger partial charge on any atom is 0.417 e. The maximum atomic E-state index is 14.4. The summed E-state index contributed by atoms with van der Waals surface area (Å²) in [5.74, 6) is -0.106. The summed E-state index contributed by atoms with van der Waals surface area (Å²) in [6.45, 7) is -1.37. The molecule has 1 fully saturated rings. The summed E-state index contributed by atoms with van der Waals surface area (Å²) in [5.41, 5.74) is -12.2. The first-order chi connectivity index (χ1) is 18.2. The summed E-state index contributed by atoms with van der Waals surface area (Å²) in [6, 6.07) is 1.22. The lowest BCUT2D eigenvalue weighted by atomic mass is 9.75. The molecular weight excluding hydrogens is 592 g/mol. The number of benzene rings is 2. The number of hydrogen-bond donors (Lipinski definition) is 1. The topological polar surface area (TPSA) is 41.5 Å². The molecule has 1 atom stereocenters. The van der Waals surface area contributed by atoms with E-state index in [1.807, 2.05) is 0 Å². The first kappa shape index (κ1) is 30.1. The molecule has 0 aliphatic carbocycles. The van der Waals surface area contributed by atoms with Crippen molar-refractivity contribution in [1.82, 2.24) is 5.32 Å². The van der Waals surface area contributed by atoms with Crippen LogP contribution in [0.2, 0.25) is 0 Å². The van der Waals surface area contributed by atoms with Gasteiger partial charge in [0.25, 0.3) is 5.91 Å². The van der Waals surface area contributed by atoms with Gasteiger partial charge in [-0.05, 0) is 41.5 Å². The van der Waals surface area contributed by atoms with Gasteiger partial charge in [-0.3, -0.25) is 9.79 Å². The Morgan fingerprint density at radius 3 is 1.85 bits per heavy atom. The minimum atomic E-state index is -5.45. The van der Waals surface area contributed by atoms with E-state index in [2.05, 4.69) is 10.3 Å². The molecule has 1 saturated heterocycles. The van der Waals surface area contributed by atoms with Gasteiger partial charge in [0.15, 0.2) is 0 Å². The molecule has 2 aromatic rings. The number of hydrogen-bond acceptors (Lipinski definition) is 3. The zero-order chi connectivity index (χ0) is 29.9. The van der Waals surface area contributed by atoms with E-state index in [0.717, 1.165) is 12.1 Å². The maximum absolute atomic E-state index is 14.4. The van der Waals surface area contributed by atoms with Crippen LogP contribution in [-0.4, -0.2) is 41.9 Å². The molecule has 4 rings (SSSR count). The van der Waals surface area contributed by atoms with Gasteiger partial charge in [-0.15, -0.1) is 0 Å². The summed E-state index contributed by atoms with van der Waals surface area (Å²) in [4.78, 5) is 16.0. The van der Waals surface area contributed by atoms with Gasteiger partial charge in [-0.1, -0.05) is 6.07 Å². The number of halogens is 12. The fourth-order valence-corrected chi connectivity index (χ4v) is 4.98. The predicted octanol–water partition coefficient (Wildman–Crippen LogP) is 7.28. The average Bonchev–Trinajstić information content (AvgIpc) is 3.26. The van der Waals surface area contributed by atoms with Crippen LogP contribution in [0.25, 0.3) is 0 Å². The van der Waals surface area contributed by atoms with E-state index in [1.165, 1.54) is 11.8 Å². The van der Waals surface area contributed by atoms with E-state index in [-0.39, 0.29) is 24.2 Å². The lowest BCUT2D eigenvalue weighted by Gasteiger charge is -2.32. The van der Waals surface area contributed by atoms with Crippen LogP contribution in [0, 0.1) is 0 Å². The van der Waals surface area contributed by atoms with Gasteiger partial charge in [0.1, 0.15) is 5.41 Å². The second kappa shape index (κ2) is 9.87. The standard InChI is InChI=1S/C24H16F12N2OS/c25-21(26,27)13-4-12(5-14(6-13)22(28,29)30)20(24(34,35)36)7-18(37-10-20)11-1-2-16(17(3-11)23(31,32)33)19(39)38-15-8-40-9-15/h1-6,15H,7-10H2,(H,38,39). The van der Waals surface area contributed by atoms with Crippen LogP contribution >= 0.6 is 11.8 Å². The van der Waals surface area contributed by atoms with Gasteiger partial charge < -0.3 is 5.32 Å². The van der Waals surface area contributed by atoms with Crippen molar-refractivity contribution in [3.05, 3.63) is 69.8 Å². The fraction of sp³-hybridized carbons (Fsp3) is 0.417. The minimum Gasteiger partial charge on any atom is -0.348 e. The predicted molar refractivity (Wildman–Crippen MR) is 120 cm³/mol. The molecule has 0 spiro atoms. The Labute approximate surface area is 222 Å². The van der Waals surface area contributed by atoms with Crippen molar-refractivity contribution in [2.75, 3.05) is 18.1 Å². The van der Waals surface area contributed by atoms with Gasteiger partial charge in [-0.2, -0.15) is 64.4 Å². The fourth-order valence-electron chi connectivity index (χ4n) is 4.34. The quantitative estimate of drug-likeness (QED) is 0.371.